The van der Waals surface area contributed by atoms with Crippen LogP contribution in [0, 0.1) is 11.6 Å². The average Bonchev–Trinajstić information content (AvgIpc) is 2.61. The van der Waals surface area contributed by atoms with Crippen LogP contribution in [0.15, 0.2) is 60.7 Å². The lowest BCUT2D eigenvalue weighted by molar-refractivity contribution is 0.552. The summed E-state index contributed by atoms with van der Waals surface area (Å²) in [6, 6.07) is 16.5. The van der Waals surface area contributed by atoms with Crippen LogP contribution in [0.2, 0.25) is 0 Å². The van der Waals surface area contributed by atoms with Crippen LogP contribution in [-0.2, 0) is 5.41 Å². The number of nitrogens with one attached hydrogen (secondary N) is 1. The van der Waals surface area contributed by atoms with E-state index in [-0.39, 0.29) is 17.0 Å². The molecule has 2 aromatic carbocycles. The average molecular weight is 339 g/mol. The maximum absolute atomic E-state index is 13.8. The Morgan fingerprint density at radius 3 is 2.24 bits per heavy atom. The Labute approximate surface area is 145 Å². The number of rotatable bonds is 5. The molecule has 0 aliphatic heterocycles. The van der Waals surface area contributed by atoms with Gasteiger partial charge in [-0.1, -0.05) is 38.1 Å². The van der Waals surface area contributed by atoms with E-state index in [9.17, 15) is 8.78 Å². The zero-order valence-corrected chi connectivity index (χ0v) is 14.1. The number of nitrogens with zero attached hydrogens (tertiary/aromatic N) is 2. The molecule has 0 bridgehead atoms. The van der Waals surface area contributed by atoms with Gasteiger partial charge < -0.3 is 5.32 Å². The van der Waals surface area contributed by atoms with Crippen molar-refractivity contribution in [2.75, 3.05) is 11.9 Å². The monoisotopic (exact) mass is 339 g/mol. The lowest BCUT2D eigenvalue weighted by Gasteiger charge is -2.25. The first kappa shape index (κ1) is 17.0. The number of halogens is 2. The molecule has 128 valence electrons. The fourth-order valence-corrected chi connectivity index (χ4v) is 2.55. The van der Waals surface area contributed by atoms with Gasteiger partial charge in [-0.15, -0.1) is 10.2 Å². The number of aromatic nitrogens is 2. The molecule has 0 aliphatic carbocycles. The molecule has 0 fully saturated rings. The molecule has 5 heteroatoms. The van der Waals surface area contributed by atoms with Gasteiger partial charge in [-0.2, -0.15) is 0 Å². The number of hydrogen-bond donors (Lipinski definition) is 1. The minimum atomic E-state index is -0.324. The molecule has 3 rings (SSSR count). The van der Waals surface area contributed by atoms with Crippen LogP contribution >= 0.6 is 0 Å². The van der Waals surface area contributed by atoms with Gasteiger partial charge in [-0.25, -0.2) is 8.78 Å². The molecule has 25 heavy (non-hydrogen) atoms. The van der Waals surface area contributed by atoms with Gasteiger partial charge in [0.1, 0.15) is 17.5 Å². The van der Waals surface area contributed by atoms with Crippen molar-refractivity contribution in [3.05, 3.63) is 77.9 Å². The fourth-order valence-electron chi connectivity index (χ4n) is 2.55. The highest BCUT2D eigenvalue weighted by molar-refractivity contribution is 5.60. The van der Waals surface area contributed by atoms with E-state index in [0.29, 0.717) is 23.6 Å². The maximum atomic E-state index is 13.8. The lowest BCUT2D eigenvalue weighted by atomic mass is 9.84. The molecule has 0 spiro atoms. The molecule has 3 aromatic rings. The van der Waals surface area contributed by atoms with Crippen LogP contribution in [0.1, 0.15) is 19.4 Å². The number of anilines is 1. The van der Waals surface area contributed by atoms with Crippen molar-refractivity contribution in [3.8, 4) is 11.3 Å². The van der Waals surface area contributed by atoms with E-state index in [4.69, 9.17) is 0 Å². The maximum Gasteiger partial charge on any atom is 0.148 e. The van der Waals surface area contributed by atoms with E-state index in [2.05, 4.69) is 29.4 Å². The van der Waals surface area contributed by atoms with Crippen LogP contribution in [0.3, 0.4) is 0 Å². The van der Waals surface area contributed by atoms with Crippen LogP contribution in [0.25, 0.3) is 11.3 Å². The second-order valence-electron chi connectivity index (χ2n) is 6.53. The standard InChI is InChI=1S/C20H19F2N3/c1-20(2,14-7-9-15(21)10-8-14)13-23-19-12-11-18(24-25-19)16-5-3-4-6-17(16)22/h3-12H,13H2,1-2H3,(H,23,25). The van der Waals surface area contributed by atoms with Crippen molar-refractivity contribution in [3.63, 3.8) is 0 Å². The van der Waals surface area contributed by atoms with Gasteiger partial charge in [-0.05, 0) is 42.0 Å². The first-order chi connectivity index (χ1) is 12.0. The third-order valence-corrected chi connectivity index (χ3v) is 4.15. The molecule has 3 nitrogen and oxygen atoms in total. The molecule has 0 saturated carbocycles. The molecule has 0 saturated heterocycles. The van der Waals surface area contributed by atoms with Gasteiger partial charge >= 0.3 is 0 Å². The minimum Gasteiger partial charge on any atom is -0.368 e. The molecular formula is C20H19F2N3. The summed E-state index contributed by atoms with van der Waals surface area (Å²) < 4.78 is 26.9. The molecule has 1 N–H and O–H groups in total. The Kier molecular flexibility index (Phi) is 4.74. The SMILES string of the molecule is CC(C)(CNc1ccc(-c2ccccc2F)nn1)c1ccc(F)cc1. The molecular weight excluding hydrogens is 320 g/mol. The number of benzene rings is 2. The van der Waals surface area contributed by atoms with Crippen LogP contribution in [0.5, 0.6) is 0 Å². The van der Waals surface area contributed by atoms with Gasteiger partial charge in [0.15, 0.2) is 0 Å². The van der Waals surface area contributed by atoms with E-state index in [0.717, 1.165) is 5.56 Å². The number of hydrogen-bond acceptors (Lipinski definition) is 3. The van der Waals surface area contributed by atoms with E-state index in [1.54, 1.807) is 42.5 Å². The second kappa shape index (κ2) is 6.97. The van der Waals surface area contributed by atoms with Gasteiger partial charge in [0.25, 0.3) is 0 Å². The predicted molar refractivity (Wildman–Crippen MR) is 95.3 cm³/mol. The second-order valence-corrected chi connectivity index (χ2v) is 6.53. The summed E-state index contributed by atoms with van der Waals surface area (Å²) in [6.07, 6.45) is 0. The molecule has 0 aliphatic rings. The first-order valence-corrected chi connectivity index (χ1v) is 8.04. The molecule has 0 radical (unpaired) electrons. The highest BCUT2D eigenvalue weighted by atomic mass is 19.1. The fraction of sp³-hybridized carbons (Fsp3) is 0.200. The predicted octanol–water partition coefficient (Wildman–Crippen LogP) is 4.81. The Morgan fingerprint density at radius 2 is 1.60 bits per heavy atom. The topological polar surface area (TPSA) is 37.8 Å². The lowest BCUT2D eigenvalue weighted by Crippen LogP contribution is -2.28. The smallest absolute Gasteiger partial charge is 0.148 e. The Hall–Kier alpha value is -2.82. The van der Waals surface area contributed by atoms with E-state index in [1.807, 2.05) is 0 Å². The van der Waals surface area contributed by atoms with Crippen molar-refractivity contribution >= 4 is 5.82 Å². The summed E-state index contributed by atoms with van der Waals surface area (Å²) in [7, 11) is 0. The zero-order valence-electron chi connectivity index (χ0n) is 14.1. The van der Waals surface area contributed by atoms with Crippen LogP contribution < -0.4 is 5.32 Å². The van der Waals surface area contributed by atoms with Gasteiger partial charge in [-0.3, -0.25) is 0 Å². The third-order valence-electron chi connectivity index (χ3n) is 4.15. The summed E-state index contributed by atoms with van der Waals surface area (Å²) in [5.41, 5.74) is 1.73. The van der Waals surface area contributed by atoms with E-state index in [1.165, 1.54) is 18.2 Å². The molecule has 1 aromatic heterocycles. The van der Waals surface area contributed by atoms with E-state index < -0.39 is 0 Å². The van der Waals surface area contributed by atoms with E-state index >= 15 is 0 Å². The summed E-state index contributed by atoms with van der Waals surface area (Å²) >= 11 is 0. The highest BCUT2D eigenvalue weighted by Gasteiger charge is 2.20. The van der Waals surface area contributed by atoms with Crippen molar-refractivity contribution in [1.82, 2.24) is 10.2 Å². The zero-order chi connectivity index (χ0) is 17.9. The van der Waals surface area contributed by atoms with Crippen LogP contribution in [-0.4, -0.2) is 16.7 Å². The largest absolute Gasteiger partial charge is 0.368 e. The molecule has 0 atom stereocenters. The van der Waals surface area contributed by atoms with Gasteiger partial charge in [0, 0.05) is 17.5 Å². The quantitative estimate of drug-likeness (QED) is 0.725. The van der Waals surface area contributed by atoms with Gasteiger partial charge in [0.2, 0.25) is 0 Å². The van der Waals surface area contributed by atoms with Gasteiger partial charge in [0.05, 0.1) is 5.69 Å². The normalized spacial score (nSPS) is 11.4. The highest BCUT2D eigenvalue weighted by Crippen LogP contribution is 2.24. The Balaban J connectivity index is 1.69. The Bertz CT molecular complexity index is 844. The van der Waals surface area contributed by atoms with Crippen molar-refractivity contribution < 1.29 is 8.78 Å². The van der Waals surface area contributed by atoms with Crippen molar-refractivity contribution in [1.29, 1.82) is 0 Å². The third kappa shape index (κ3) is 3.99. The van der Waals surface area contributed by atoms with Crippen molar-refractivity contribution in [2.45, 2.75) is 19.3 Å². The summed E-state index contributed by atoms with van der Waals surface area (Å²) in [5, 5.41) is 11.4. The van der Waals surface area contributed by atoms with Crippen LogP contribution in [0.4, 0.5) is 14.6 Å². The Morgan fingerprint density at radius 1 is 0.880 bits per heavy atom. The molecule has 0 unspecified atom stereocenters. The first-order valence-electron chi connectivity index (χ1n) is 8.04. The van der Waals surface area contributed by atoms with Crippen molar-refractivity contribution in [2.24, 2.45) is 0 Å². The summed E-state index contributed by atoms with van der Waals surface area (Å²) in [5.74, 6) is 0.0346. The summed E-state index contributed by atoms with van der Waals surface area (Å²) in [4.78, 5) is 0. The minimum absolute atomic E-state index is 0.209. The molecule has 1 heterocycles. The molecule has 0 amide bonds. The summed E-state index contributed by atoms with van der Waals surface area (Å²) in [6.45, 7) is 4.73.